The third-order valence-corrected chi connectivity index (χ3v) is 4.29. The normalized spacial score (nSPS) is 11.2. The van der Waals surface area contributed by atoms with Gasteiger partial charge in [0.25, 0.3) is 0 Å². The van der Waals surface area contributed by atoms with Crippen LogP contribution in [0.5, 0.6) is 5.75 Å². The first-order valence-corrected chi connectivity index (χ1v) is 7.03. The number of methoxy groups -OCH3 is 1. The maximum absolute atomic E-state index is 5.18. The van der Waals surface area contributed by atoms with Crippen molar-refractivity contribution in [3.05, 3.63) is 48.9 Å². The van der Waals surface area contributed by atoms with E-state index in [4.69, 9.17) is 4.74 Å². The van der Waals surface area contributed by atoms with Gasteiger partial charge in [0.05, 0.1) is 23.0 Å². The first-order chi connectivity index (χ1) is 9.85. The lowest BCUT2D eigenvalue weighted by Gasteiger charge is -2.00. The highest BCUT2D eigenvalue weighted by Crippen LogP contribution is 2.29. The van der Waals surface area contributed by atoms with Crippen molar-refractivity contribution < 1.29 is 4.74 Å². The highest BCUT2D eigenvalue weighted by atomic mass is 32.1. The molecule has 0 atom stereocenters. The summed E-state index contributed by atoms with van der Waals surface area (Å²) in [7, 11) is 1.67. The van der Waals surface area contributed by atoms with Gasteiger partial charge in [0, 0.05) is 24.2 Å². The van der Waals surface area contributed by atoms with Gasteiger partial charge in [0.1, 0.15) is 5.75 Å². The zero-order chi connectivity index (χ0) is 13.5. The van der Waals surface area contributed by atoms with Gasteiger partial charge in [-0.25, -0.2) is 4.98 Å². The minimum Gasteiger partial charge on any atom is -0.497 e. The molecule has 0 fully saturated rings. The van der Waals surface area contributed by atoms with Crippen molar-refractivity contribution >= 4 is 26.5 Å². The average molecular weight is 281 g/mol. The summed E-state index contributed by atoms with van der Waals surface area (Å²) >= 11 is 1.65. The van der Waals surface area contributed by atoms with Crippen molar-refractivity contribution in [2.75, 3.05) is 7.11 Å². The zero-order valence-electron chi connectivity index (χ0n) is 10.8. The second-order valence-electron chi connectivity index (χ2n) is 4.45. The first kappa shape index (κ1) is 11.4. The van der Waals surface area contributed by atoms with E-state index < -0.39 is 0 Å². The van der Waals surface area contributed by atoms with Gasteiger partial charge in [0.15, 0.2) is 4.96 Å². The number of imidazole rings is 1. The van der Waals surface area contributed by atoms with E-state index in [9.17, 15) is 0 Å². The number of nitrogens with zero attached hydrogens (tertiary/aromatic N) is 3. The van der Waals surface area contributed by atoms with Gasteiger partial charge in [-0.3, -0.25) is 9.38 Å². The standard InChI is InChI=1S/C15H11N3OS/c1-19-11-4-2-10(3-5-11)12-9-18-13-6-7-16-8-14(13)20-15(18)17-12/h2-9H,1H3. The summed E-state index contributed by atoms with van der Waals surface area (Å²) in [6.45, 7) is 0. The summed E-state index contributed by atoms with van der Waals surface area (Å²) in [5.41, 5.74) is 3.20. The largest absolute Gasteiger partial charge is 0.497 e. The molecule has 4 rings (SSSR count). The van der Waals surface area contributed by atoms with Gasteiger partial charge >= 0.3 is 0 Å². The van der Waals surface area contributed by atoms with E-state index in [-0.39, 0.29) is 0 Å². The second-order valence-corrected chi connectivity index (χ2v) is 5.46. The van der Waals surface area contributed by atoms with Crippen molar-refractivity contribution in [2.45, 2.75) is 0 Å². The Labute approximate surface area is 119 Å². The van der Waals surface area contributed by atoms with Crippen molar-refractivity contribution in [1.82, 2.24) is 14.4 Å². The molecule has 4 aromatic rings. The summed E-state index contributed by atoms with van der Waals surface area (Å²) in [4.78, 5) is 9.82. The van der Waals surface area contributed by atoms with Crippen molar-refractivity contribution in [2.24, 2.45) is 0 Å². The van der Waals surface area contributed by atoms with E-state index in [0.29, 0.717) is 0 Å². The van der Waals surface area contributed by atoms with Gasteiger partial charge in [-0.1, -0.05) is 11.3 Å². The molecular formula is C15H11N3OS. The number of rotatable bonds is 2. The number of aromatic nitrogens is 3. The van der Waals surface area contributed by atoms with Crippen LogP contribution < -0.4 is 4.74 Å². The number of hydrogen-bond acceptors (Lipinski definition) is 4. The Morgan fingerprint density at radius 2 is 2.00 bits per heavy atom. The lowest BCUT2D eigenvalue weighted by atomic mass is 10.2. The van der Waals surface area contributed by atoms with Gasteiger partial charge in [-0.15, -0.1) is 0 Å². The fourth-order valence-electron chi connectivity index (χ4n) is 2.26. The molecule has 0 amide bonds. The molecule has 0 spiro atoms. The zero-order valence-corrected chi connectivity index (χ0v) is 11.6. The lowest BCUT2D eigenvalue weighted by molar-refractivity contribution is 0.415. The third-order valence-electron chi connectivity index (χ3n) is 3.28. The van der Waals surface area contributed by atoms with Gasteiger partial charge in [-0.05, 0) is 30.3 Å². The van der Waals surface area contributed by atoms with E-state index in [0.717, 1.165) is 32.2 Å². The van der Waals surface area contributed by atoms with Crippen LogP contribution in [0.2, 0.25) is 0 Å². The minimum atomic E-state index is 0.853. The van der Waals surface area contributed by atoms with Crippen LogP contribution in [0, 0.1) is 0 Å². The van der Waals surface area contributed by atoms with Crippen molar-refractivity contribution in [3.63, 3.8) is 0 Å². The topological polar surface area (TPSA) is 39.4 Å². The lowest BCUT2D eigenvalue weighted by Crippen LogP contribution is -1.82. The molecule has 0 N–H and O–H groups in total. The van der Waals surface area contributed by atoms with Crippen LogP contribution in [-0.4, -0.2) is 21.5 Å². The number of fused-ring (bicyclic) bond motifs is 3. The quantitative estimate of drug-likeness (QED) is 0.563. The maximum atomic E-state index is 5.18. The van der Waals surface area contributed by atoms with Crippen LogP contribution in [0.25, 0.3) is 26.4 Å². The van der Waals surface area contributed by atoms with Crippen LogP contribution in [0.3, 0.4) is 0 Å². The number of benzene rings is 1. The van der Waals surface area contributed by atoms with Gasteiger partial charge in [0.2, 0.25) is 0 Å². The number of hydrogen-bond donors (Lipinski definition) is 0. The van der Waals surface area contributed by atoms with E-state index in [1.165, 1.54) is 0 Å². The molecule has 0 saturated heterocycles. The molecule has 0 aliphatic rings. The third kappa shape index (κ3) is 1.67. The molecule has 0 radical (unpaired) electrons. The smallest absolute Gasteiger partial charge is 0.195 e. The van der Waals surface area contributed by atoms with Crippen LogP contribution in [0.15, 0.2) is 48.9 Å². The molecule has 3 heterocycles. The summed E-state index contributed by atoms with van der Waals surface area (Å²) in [5, 5.41) is 0. The van der Waals surface area contributed by atoms with Crippen molar-refractivity contribution in [3.8, 4) is 17.0 Å². The molecule has 0 unspecified atom stereocenters. The van der Waals surface area contributed by atoms with E-state index in [1.807, 2.05) is 42.7 Å². The molecule has 0 aliphatic carbocycles. The molecule has 4 nitrogen and oxygen atoms in total. The van der Waals surface area contributed by atoms with E-state index in [1.54, 1.807) is 18.4 Å². The molecule has 5 heteroatoms. The predicted molar refractivity (Wildman–Crippen MR) is 80.4 cm³/mol. The average Bonchev–Trinajstić information content (AvgIpc) is 3.05. The van der Waals surface area contributed by atoms with Gasteiger partial charge in [-0.2, -0.15) is 0 Å². The summed E-state index contributed by atoms with van der Waals surface area (Å²) < 4.78 is 8.44. The SMILES string of the molecule is COc1ccc(-c2cn3c(n2)sc2cnccc23)cc1. The predicted octanol–water partition coefficient (Wildman–Crippen LogP) is 3.62. The molecule has 20 heavy (non-hydrogen) atoms. The second kappa shape index (κ2) is 4.31. The molecule has 0 saturated carbocycles. The fourth-order valence-corrected chi connectivity index (χ4v) is 3.23. The van der Waals surface area contributed by atoms with Crippen LogP contribution >= 0.6 is 11.3 Å². The first-order valence-electron chi connectivity index (χ1n) is 6.21. The highest BCUT2D eigenvalue weighted by Gasteiger charge is 2.09. The number of ether oxygens (including phenoxy) is 1. The van der Waals surface area contributed by atoms with Crippen LogP contribution in [0.4, 0.5) is 0 Å². The summed E-state index contributed by atoms with van der Waals surface area (Å²) in [6.07, 6.45) is 5.75. The van der Waals surface area contributed by atoms with Gasteiger partial charge < -0.3 is 4.74 Å². The van der Waals surface area contributed by atoms with E-state index >= 15 is 0 Å². The summed E-state index contributed by atoms with van der Waals surface area (Å²) in [5.74, 6) is 0.853. The Balaban J connectivity index is 1.87. The molecule has 0 aliphatic heterocycles. The van der Waals surface area contributed by atoms with Crippen LogP contribution in [0.1, 0.15) is 0 Å². The fraction of sp³-hybridized carbons (Fsp3) is 0.0667. The monoisotopic (exact) mass is 281 g/mol. The molecule has 0 bridgehead atoms. The van der Waals surface area contributed by atoms with Crippen LogP contribution in [-0.2, 0) is 0 Å². The Bertz CT molecular complexity index is 892. The molecular weight excluding hydrogens is 270 g/mol. The molecule has 3 aromatic heterocycles. The number of thiazole rings is 1. The molecule has 98 valence electrons. The molecule has 1 aromatic carbocycles. The Kier molecular flexibility index (Phi) is 2.47. The Hall–Kier alpha value is -2.40. The summed E-state index contributed by atoms with van der Waals surface area (Å²) in [6, 6.07) is 9.96. The minimum absolute atomic E-state index is 0.853. The number of pyridine rings is 1. The van der Waals surface area contributed by atoms with Crippen molar-refractivity contribution in [1.29, 1.82) is 0 Å². The Morgan fingerprint density at radius 3 is 2.80 bits per heavy atom. The Morgan fingerprint density at radius 1 is 1.15 bits per heavy atom. The van der Waals surface area contributed by atoms with E-state index in [2.05, 4.69) is 20.6 Å². The maximum Gasteiger partial charge on any atom is 0.195 e. The highest BCUT2D eigenvalue weighted by molar-refractivity contribution is 7.23.